The number of aromatic nitrogens is 4. The second-order valence-corrected chi connectivity index (χ2v) is 10.1. The van der Waals surface area contributed by atoms with Gasteiger partial charge in [0.05, 0.1) is 17.5 Å². The minimum Gasteiger partial charge on any atom is -0.347 e. The average molecular weight is 490 g/mol. The molecule has 2 aromatic carbocycles. The lowest BCUT2D eigenvalue weighted by Crippen LogP contribution is -2.22. The van der Waals surface area contributed by atoms with Crippen LogP contribution in [-0.2, 0) is 29.2 Å². The molecule has 0 radical (unpaired) electrons. The van der Waals surface area contributed by atoms with Crippen molar-refractivity contribution in [2.24, 2.45) is 5.92 Å². The molecule has 184 valence electrons. The molecule has 4 bridgehead atoms. The second-order valence-electron chi connectivity index (χ2n) is 10.1. The predicted octanol–water partition coefficient (Wildman–Crippen LogP) is 4.86. The number of nitrogens with zero attached hydrogens (tertiary/aromatic N) is 4. The van der Waals surface area contributed by atoms with Crippen molar-refractivity contribution >= 4 is 44.8 Å². The molecule has 1 atom stereocenters. The topological polar surface area (TPSA) is 73.8 Å². The Labute approximate surface area is 214 Å². The van der Waals surface area contributed by atoms with Crippen LogP contribution in [0.1, 0.15) is 30.4 Å². The summed E-state index contributed by atoms with van der Waals surface area (Å²) >= 11 is 0. The molecule has 7 rings (SSSR count). The third-order valence-corrected chi connectivity index (χ3v) is 7.86. The van der Waals surface area contributed by atoms with E-state index in [1.165, 1.54) is 0 Å². The zero-order chi connectivity index (χ0) is 24.9. The fourth-order valence-corrected chi connectivity index (χ4v) is 6.12. The van der Waals surface area contributed by atoms with Crippen molar-refractivity contribution in [1.82, 2.24) is 24.0 Å². The first-order chi connectivity index (χ1) is 18.2. The van der Waals surface area contributed by atoms with Gasteiger partial charge >= 0.3 is 0 Å². The lowest BCUT2D eigenvalue weighted by molar-refractivity contribution is -0.122. The molecule has 0 aliphatic carbocycles. The van der Waals surface area contributed by atoms with Crippen molar-refractivity contribution in [2.75, 3.05) is 0 Å². The monoisotopic (exact) mass is 489 g/mol. The minimum absolute atomic E-state index is 0.327. The fourth-order valence-electron chi connectivity index (χ4n) is 6.12. The maximum absolute atomic E-state index is 13.3. The van der Waals surface area contributed by atoms with Crippen LogP contribution in [0.3, 0.4) is 0 Å². The van der Waals surface area contributed by atoms with Gasteiger partial charge in [0.2, 0.25) is 0 Å². The van der Waals surface area contributed by atoms with E-state index in [0.29, 0.717) is 17.1 Å². The molecule has 5 aromatic rings. The summed E-state index contributed by atoms with van der Waals surface area (Å²) in [5.74, 6) is -0.175. The first kappa shape index (κ1) is 21.9. The van der Waals surface area contributed by atoms with Gasteiger partial charge < -0.3 is 13.7 Å². The molecule has 1 unspecified atom stereocenters. The normalized spacial score (nSPS) is 18.3. The molecule has 5 heterocycles. The summed E-state index contributed by atoms with van der Waals surface area (Å²) in [6, 6.07) is 16.3. The number of carbonyl (C=O) groups excluding carboxylic acids is 2. The third-order valence-electron chi connectivity index (χ3n) is 7.86. The highest BCUT2D eigenvalue weighted by Gasteiger charge is 2.35. The van der Waals surface area contributed by atoms with Gasteiger partial charge in [-0.15, -0.1) is 0 Å². The van der Waals surface area contributed by atoms with Gasteiger partial charge in [-0.3, -0.25) is 14.9 Å². The van der Waals surface area contributed by atoms with E-state index in [2.05, 4.69) is 48.5 Å². The number of hydrogen-bond acceptors (Lipinski definition) is 3. The number of aryl methyl sites for hydroxylation is 2. The predicted molar refractivity (Wildman–Crippen MR) is 143 cm³/mol. The first-order valence-corrected chi connectivity index (χ1v) is 12.9. The lowest BCUT2D eigenvalue weighted by atomic mass is 9.95. The van der Waals surface area contributed by atoms with E-state index in [1.807, 2.05) is 55.1 Å². The summed E-state index contributed by atoms with van der Waals surface area (Å²) in [5.41, 5.74) is 4.73. The Morgan fingerprint density at radius 3 is 2.05 bits per heavy atom. The van der Waals surface area contributed by atoms with Gasteiger partial charge in [-0.2, -0.15) is 0 Å². The summed E-state index contributed by atoms with van der Waals surface area (Å²) in [5, 5.41) is 4.58. The van der Waals surface area contributed by atoms with Gasteiger partial charge in [-0.25, -0.2) is 4.98 Å². The molecule has 37 heavy (non-hydrogen) atoms. The van der Waals surface area contributed by atoms with Crippen LogP contribution >= 0.6 is 0 Å². The third kappa shape index (κ3) is 3.61. The quantitative estimate of drug-likeness (QED) is 0.360. The largest absolute Gasteiger partial charge is 0.347 e. The number of rotatable bonds is 2. The number of fused-ring (bicyclic) bond motifs is 12. The summed E-state index contributed by atoms with van der Waals surface area (Å²) in [6.07, 6.45) is 13.0. The van der Waals surface area contributed by atoms with Crippen molar-refractivity contribution in [3.63, 3.8) is 0 Å². The molecular formula is C30H27N5O2. The van der Waals surface area contributed by atoms with E-state index in [9.17, 15) is 9.59 Å². The molecule has 2 aliphatic heterocycles. The van der Waals surface area contributed by atoms with Crippen molar-refractivity contribution in [3.05, 3.63) is 90.8 Å². The van der Waals surface area contributed by atoms with Crippen LogP contribution in [0, 0.1) is 5.92 Å². The Kier molecular flexibility index (Phi) is 5.09. The van der Waals surface area contributed by atoms with Crippen LogP contribution in [0.2, 0.25) is 0 Å². The smallest absolute Gasteiger partial charge is 0.259 e. The number of benzene rings is 2. The highest BCUT2D eigenvalue weighted by Crippen LogP contribution is 2.39. The van der Waals surface area contributed by atoms with Crippen LogP contribution in [0.5, 0.6) is 0 Å². The maximum Gasteiger partial charge on any atom is 0.259 e. The fraction of sp³-hybridized carbons (Fsp3) is 0.233. The number of carbonyl (C=O) groups is 2. The van der Waals surface area contributed by atoms with Gasteiger partial charge in [0, 0.05) is 77.4 Å². The van der Waals surface area contributed by atoms with E-state index in [0.717, 1.165) is 71.8 Å². The van der Waals surface area contributed by atoms with Gasteiger partial charge in [0.15, 0.2) is 0 Å². The second kappa shape index (κ2) is 8.62. The Balaban J connectivity index is 1.45. The van der Waals surface area contributed by atoms with Gasteiger partial charge in [-0.05, 0) is 37.3 Å². The number of amides is 2. The van der Waals surface area contributed by atoms with Gasteiger partial charge in [-0.1, -0.05) is 36.4 Å². The minimum atomic E-state index is -0.329. The van der Waals surface area contributed by atoms with Crippen molar-refractivity contribution in [3.8, 4) is 0 Å². The van der Waals surface area contributed by atoms with E-state index in [4.69, 9.17) is 0 Å². The van der Waals surface area contributed by atoms with Crippen LogP contribution in [0.25, 0.3) is 33.0 Å². The van der Waals surface area contributed by atoms with Crippen LogP contribution in [-0.4, -0.2) is 30.5 Å². The number of para-hydroxylation sites is 2. The number of nitrogens with one attached hydrogen (secondary N) is 1. The molecule has 0 fully saturated rings. The standard InChI is InChI=1S/C30H27N5O2/c36-29-27-23-17-34(25-9-3-1-7-21(23)25)13-5-6-20(16-33-15-12-31-19-33)11-14-35-18-24(28(27)30(37)32-29)22-8-2-4-10-26(22)35/h1-4,7-10,12,15,17-20H,5-6,11,13-14,16H2,(H,32,36,37). The summed E-state index contributed by atoms with van der Waals surface area (Å²) in [4.78, 5) is 30.8. The molecule has 7 nitrogen and oxygen atoms in total. The zero-order valence-corrected chi connectivity index (χ0v) is 20.4. The Hall–Kier alpha value is -4.39. The highest BCUT2D eigenvalue weighted by molar-refractivity contribution is 6.50. The van der Waals surface area contributed by atoms with E-state index < -0.39 is 0 Å². The van der Waals surface area contributed by atoms with Gasteiger partial charge in [0.1, 0.15) is 0 Å². The Morgan fingerprint density at radius 2 is 1.43 bits per heavy atom. The molecule has 1 N–H and O–H groups in total. The Bertz CT molecular complexity index is 1700. The van der Waals surface area contributed by atoms with Crippen molar-refractivity contribution in [2.45, 2.75) is 38.9 Å². The number of hydrogen-bond donors (Lipinski definition) is 1. The van der Waals surface area contributed by atoms with Crippen molar-refractivity contribution in [1.29, 1.82) is 0 Å². The maximum atomic E-state index is 13.3. The molecular weight excluding hydrogens is 462 g/mol. The molecule has 0 saturated carbocycles. The molecule has 0 spiro atoms. The summed E-state index contributed by atoms with van der Waals surface area (Å²) in [7, 11) is 0. The summed E-state index contributed by atoms with van der Waals surface area (Å²) < 4.78 is 6.66. The number of imidazole rings is 1. The van der Waals surface area contributed by atoms with Crippen LogP contribution < -0.4 is 5.32 Å². The Morgan fingerprint density at radius 1 is 0.811 bits per heavy atom. The average Bonchev–Trinajstić information content (AvgIpc) is 3.68. The molecule has 2 amide bonds. The van der Waals surface area contributed by atoms with Crippen LogP contribution in [0.4, 0.5) is 0 Å². The molecule has 3 aromatic heterocycles. The highest BCUT2D eigenvalue weighted by atomic mass is 16.2. The summed E-state index contributed by atoms with van der Waals surface area (Å²) in [6.45, 7) is 2.62. The van der Waals surface area contributed by atoms with E-state index in [1.54, 1.807) is 0 Å². The van der Waals surface area contributed by atoms with Crippen LogP contribution in [0.15, 0.2) is 79.6 Å². The number of imide groups is 1. The van der Waals surface area contributed by atoms with Crippen molar-refractivity contribution < 1.29 is 9.59 Å². The van der Waals surface area contributed by atoms with E-state index in [-0.39, 0.29) is 11.8 Å². The molecule has 7 heteroatoms. The molecule has 2 aliphatic rings. The van der Waals surface area contributed by atoms with E-state index >= 15 is 0 Å². The van der Waals surface area contributed by atoms with Gasteiger partial charge in [0.25, 0.3) is 11.8 Å². The first-order valence-electron chi connectivity index (χ1n) is 12.9. The zero-order valence-electron chi connectivity index (χ0n) is 20.4. The SMILES string of the molecule is O=C1NC(=O)C2=C1c1cn(c3ccccc13)CCCC(Cn1ccnc1)CCn1cc2c2ccccc21. The lowest BCUT2D eigenvalue weighted by Gasteiger charge is -2.19. The molecule has 0 saturated heterocycles.